The van der Waals surface area contributed by atoms with Crippen molar-refractivity contribution in [3.63, 3.8) is 0 Å². The second-order valence-corrected chi connectivity index (χ2v) is 1.56. The van der Waals surface area contributed by atoms with Crippen LogP contribution in [0.15, 0.2) is 0 Å². The summed E-state index contributed by atoms with van der Waals surface area (Å²) in [6.45, 7) is 0.755. The van der Waals surface area contributed by atoms with E-state index in [9.17, 15) is 18.0 Å². The van der Waals surface area contributed by atoms with Crippen LogP contribution in [0.25, 0.3) is 0 Å². The van der Waals surface area contributed by atoms with Gasteiger partial charge in [-0.05, 0) is 6.92 Å². The van der Waals surface area contributed by atoms with Crippen molar-refractivity contribution >= 4 is 5.78 Å². The quantitative estimate of drug-likeness (QED) is 0.612. The fourth-order valence-corrected chi connectivity index (χ4v) is 0.277. The zero-order chi connectivity index (χ0) is 8.20. The first-order valence-electron chi connectivity index (χ1n) is 2.66. The van der Waals surface area contributed by atoms with Crippen LogP contribution in [0.4, 0.5) is 13.2 Å². The van der Waals surface area contributed by atoms with E-state index in [4.69, 9.17) is 0 Å². The Hall–Kier alpha value is -0.580. The molecule has 10 heavy (non-hydrogen) atoms. The molecule has 0 aliphatic heterocycles. The Kier molecular flexibility index (Phi) is 3.35. The van der Waals surface area contributed by atoms with Crippen molar-refractivity contribution in [3.8, 4) is 0 Å². The summed E-state index contributed by atoms with van der Waals surface area (Å²) in [7, 11) is 0. The third-order valence-corrected chi connectivity index (χ3v) is 0.753. The number of rotatable bonds is 3. The van der Waals surface area contributed by atoms with Crippen molar-refractivity contribution in [3.05, 3.63) is 0 Å². The highest BCUT2D eigenvalue weighted by Crippen LogP contribution is 2.15. The Morgan fingerprint density at radius 1 is 1.50 bits per heavy atom. The van der Waals surface area contributed by atoms with E-state index in [1.807, 2.05) is 0 Å². The van der Waals surface area contributed by atoms with E-state index in [0.717, 1.165) is 0 Å². The van der Waals surface area contributed by atoms with Gasteiger partial charge in [0.05, 0.1) is 0 Å². The van der Waals surface area contributed by atoms with Gasteiger partial charge in [-0.2, -0.15) is 13.2 Å². The summed E-state index contributed by atoms with van der Waals surface area (Å²) in [4.78, 5) is 9.97. The van der Waals surface area contributed by atoms with Gasteiger partial charge in [0.15, 0.2) is 0 Å². The molecule has 0 aliphatic carbocycles. The first-order valence-corrected chi connectivity index (χ1v) is 2.66. The van der Waals surface area contributed by atoms with E-state index in [1.165, 1.54) is 6.92 Å². The molecule has 0 heterocycles. The molecule has 0 aliphatic rings. The summed E-state index contributed by atoms with van der Waals surface area (Å²) in [5.41, 5.74) is 0. The molecular formula is C5H7F3O2. The van der Waals surface area contributed by atoms with Crippen LogP contribution < -0.4 is 0 Å². The van der Waals surface area contributed by atoms with Crippen LogP contribution in [-0.2, 0) is 9.53 Å². The second-order valence-electron chi connectivity index (χ2n) is 1.56. The van der Waals surface area contributed by atoms with Crippen LogP contribution in [0.3, 0.4) is 0 Å². The maximum Gasteiger partial charge on any atom is 0.452 e. The van der Waals surface area contributed by atoms with Gasteiger partial charge in [-0.1, -0.05) is 0 Å². The molecule has 2 nitrogen and oxygen atoms in total. The minimum atomic E-state index is -4.75. The van der Waals surface area contributed by atoms with Crippen LogP contribution in [0.1, 0.15) is 6.92 Å². The molecule has 0 saturated heterocycles. The zero-order valence-electron chi connectivity index (χ0n) is 5.36. The summed E-state index contributed by atoms with van der Waals surface area (Å²) in [6, 6.07) is 0. The average molecular weight is 156 g/mol. The van der Waals surface area contributed by atoms with Crippen molar-refractivity contribution in [2.45, 2.75) is 13.1 Å². The zero-order valence-corrected chi connectivity index (χ0v) is 5.36. The van der Waals surface area contributed by atoms with E-state index in [-0.39, 0.29) is 6.61 Å². The Morgan fingerprint density at radius 3 is 2.30 bits per heavy atom. The molecule has 0 N–H and O–H groups in total. The molecule has 0 bridgehead atoms. The molecule has 0 rings (SSSR count). The second kappa shape index (κ2) is 3.55. The monoisotopic (exact) mass is 156 g/mol. The Bertz CT molecular complexity index is 119. The van der Waals surface area contributed by atoms with Gasteiger partial charge in [0.25, 0.3) is 5.78 Å². The number of hydrogen-bond acceptors (Lipinski definition) is 2. The highest BCUT2D eigenvalue weighted by molar-refractivity contribution is 5.85. The van der Waals surface area contributed by atoms with Crippen molar-refractivity contribution in [1.82, 2.24) is 0 Å². The molecule has 0 radical (unpaired) electrons. The molecule has 0 saturated carbocycles. The van der Waals surface area contributed by atoms with Crippen LogP contribution in [-0.4, -0.2) is 25.2 Å². The lowest BCUT2D eigenvalue weighted by Crippen LogP contribution is -2.27. The van der Waals surface area contributed by atoms with Crippen LogP contribution in [0, 0.1) is 0 Å². The van der Waals surface area contributed by atoms with Gasteiger partial charge < -0.3 is 4.74 Å². The Labute approximate surface area is 56.0 Å². The number of ketones is 1. The third-order valence-electron chi connectivity index (χ3n) is 0.753. The van der Waals surface area contributed by atoms with E-state index < -0.39 is 18.6 Å². The Morgan fingerprint density at radius 2 is 2.00 bits per heavy atom. The number of carbonyl (C=O) groups is 1. The number of hydrogen-bond donors (Lipinski definition) is 0. The standard InChI is InChI=1S/C5H7F3O2/c1-2-10-3-4(9)5(6,7)8/h2-3H2,1H3. The lowest BCUT2D eigenvalue weighted by molar-refractivity contribution is -0.175. The molecule has 0 fully saturated rings. The fourth-order valence-electron chi connectivity index (χ4n) is 0.277. The average Bonchev–Trinajstić information content (AvgIpc) is 1.80. The van der Waals surface area contributed by atoms with Crippen molar-refractivity contribution < 1.29 is 22.7 Å². The minimum absolute atomic E-state index is 0.113. The molecule has 60 valence electrons. The van der Waals surface area contributed by atoms with Crippen molar-refractivity contribution in [1.29, 1.82) is 0 Å². The molecule has 0 aromatic heterocycles. The maximum absolute atomic E-state index is 11.3. The lowest BCUT2D eigenvalue weighted by Gasteiger charge is -2.03. The molecule has 0 aromatic carbocycles. The fraction of sp³-hybridized carbons (Fsp3) is 0.800. The van der Waals surface area contributed by atoms with E-state index in [0.29, 0.717) is 0 Å². The van der Waals surface area contributed by atoms with E-state index >= 15 is 0 Å². The summed E-state index contributed by atoms with van der Waals surface area (Å²) in [6.07, 6.45) is -4.75. The summed E-state index contributed by atoms with van der Waals surface area (Å²) in [5.74, 6) is -1.84. The predicted molar refractivity (Wildman–Crippen MR) is 27.6 cm³/mol. The molecular weight excluding hydrogens is 149 g/mol. The summed E-state index contributed by atoms with van der Waals surface area (Å²) >= 11 is 0. The third kappa shape index (κ3) is 3.45. The molecule has 0 amide bonds. The number of alkyl halides is 3. The highest BCUT2D eigenvalue weighted by atomic mass is 19.4. The topological polar surface area (TPSA) is 26.3 Å². The highest BCUT2D eigenvalue weighted by Gasteiger charge is 2.37. The normalized spacial score (nSPS) is 11.6. The Balaban J connectivity index is 3.64. The van der Waals surface area contributed by atoms with Crippen molar-refractivity contribution in [2.24, 2.45) is 0 Å². The minimum Gasteiger partial charge on any atom is -0.374 e. The maximum atomic E-state index is 11.3. The number of ether oxygens (including phenoxy) is 1. The molecule has 0 atom stereocenters. The van der Waals surface area contributed by atoms with E-state index in [2.05, 4.69) is 4.74 Å². The largest absolute Gasteiger partial charge is 0.452 e. The van der Waals surface area contributed by atoms with Crippen LogP contribution in [0.2, 0.25) is 0 Å². The van der Waals surface area contributed by atoms with Gasteiger partial charge in [-0.15, -0.1) is 0 Å². The first kappa shape index (κ1) is 9.42. The van der Waals surface area contributed by atoms with Crippen LogP contribution in [0.5, 0.6) is 0 Å². The van der Waals surface area contributed by atoms with Crippen LogP contribution >= 0.6 is 0 Å². The van der Waals surface area contributed by atoms with Gasteiger partial charge >= 0.3 is 6.18 Å². The summed E-state index contributed by atoms with van der Waals surface area (Å²) < 4.78 is 38.3. The lowest BCUT2D eigenvalue weighted by atomic mass is 10.4. The first-order chi connectivity index (χ1) is 4.48. The van der Waals surface area contributed by atoms with Gasteiger partial charge in [0.1, 0.15) is 6.61 Å². The SMILES string of the molecule is CCOCC(=O)C(F)(F)F. The van der Waals surface area contributed by atoms with Gasteiger partial charge in [-0.3, -0.25) is 4.79 Å². The molecule has 0 unspecified atom stereocenters. The number of halogens is 3. The van der Waals surface area contributed by atoms with Gasteiger partial charge in [0.2, 0.25) is 0 Å². The molecule has 5 heteroatoms. The number of carbonyl (C=O) groups excluding carboxylic acids is 1. The van der Waals surface area contributed by atoms with Gasteiger partial charge in [-0.25, -0.2) is 0 Å². The van der Waals surface area contributed by atoms with E-state index in [1.54, 1.807) is 0 Å². The molecule has 0 spiro atoms. The number of Topliss-reactive ketones (excluding diaryl/α,β-unsaturated/α-hetero) is 1. The van der Waals surface area contributed by atoms with Gasteiger partial charge in [0, 0.05) is 6.61 Å². The summed E-state index contributed by atoms with van der Waals surface area (Å²) in [5, 5.41) is 0. The molecule has 0 aromatic rings. The van der Waals surface area contributed by atoms with Crippen molar-refractivity contribution in [2.75, 3.05) is 13.2 Å². The smallest absolute Gasteiger partial charge is 0.374 e. The predicted octanol–water partition coefficient (Wildman–Crippen LogP) is 1.15.